The zero-order valence-electron chi connectivity index (χ0n) is 16.9. The third-order valence-corrected chi connectivity index (χ3v) is 6.80. The van der Waals surface area contributed by atoms with Crippen molar-refractivity contribution in [3.63, 3.8) is 0 Å². The lowest BCUT2D eigenvalue weighted by Gasteiger charge is -2.26. The third kappa shape index (κ3) is 2.85. The first kappa shape index (κ1) is 20.3. The number of halogens is 1. The molecule has 164 valence electrons. The van der Waals surface area contributed by atoms with Crippen LogP contribution in [0.5, 0.6) is 0 Å². The average Bonchev–Trinajstić information content (AvgIpc) is 3.34. The molecule has 3 N–H and O–H groups in total. The number of benzene rings is 2. The SMILES string of the molecule is O=C([O-])CC[C@@H]1[NH2+][C@]2(C(=O)Nc3ccccc32)[C@@H]2C(=O)N(Cc3ccc(F)cc3)C(=O)[C@H]12. The minimum absolute atomic E-state index is 0.0441. The highest BCUT2D eigenvalue weighted by Crippen LogP contribution is 2.49. The summed E-state index contributed by atoms with van der Waals surface area (Å²) in [5, 5.41) is 15.6. The van der Waals surface area contributed by atoms with Crippen molar-refractivity contribution in [1.82, 2.24) is 4.90 Å². The molecule has 3 amide bonds. The van der Waals surface area contributed by atoms with Gasteiger partial charge in [-0.25, -0.2) is 4.39 Å². The van der Waals surface area contributed by atoms with Crippen molar-refractivity contribution < 1.29 is 34.0 Å². The van der Waals surface area contributed by atoms with Crippen LogP contribution in [0.2, 0.25) is 0 Å². The monoisotopic (exact) mass is 437 g/mol. The number of carboxylic acids is 1. The highest BCUT2D eigenvalue weighted by Gasteiger charge is 2.73. The summed E-state index contributed by atoms with van der Waals surface area (Å²) in [6.07, 6.45) is -0.201. The van der Waals surface area contributed by atoms with Gasteiger partial charge in [-0.1, -0.05) is 30.3 Å². The van der Waals surface area contributed by atoms with Gasteiger partial charge in [-0.15, -0.1) is 0 Å². The number of carbonyl (C=O) groups excluding carboxylic acids is 4. The highest BCUT2D eigenvalue weighted by atomic mass is 19.1. The largest absolute Gasteiger partial charge is 0.550 e. The summed E-state index contributed by atoms with van der Waals surface area (Å²) in [7, 11) is 0. The van der Waals surface area contributed by atoms with Crippen LogP contribution in [0, 0.1) is 17.7 Å². The predicted molar refractivity (Wildman–Crippen MR) is 106 cm³/mol. The first-order valence-electron chi connectivity index (χ1n) is 10.4. The van der Waals surface area contributed by atoms with Crippen LogP contribution in [0.15, 0.2) is 48.5 Å². The number of nitrogens with one attached hydrogen (secondary N) is 1. The van der Waals surface area contributed by atoms with E-state index in [-0.39, 0.29) is 19.4 Å². The Labute approximate surface area is 182 Å². The number of imide groups is 1. The number of nitrogens with zero attached hydrogens (tertiary/aromatic N) is 1. The second-order valence-electron chi connectivity index (χ2n) is 8.50. The summed E-state index contributed by atoms with van der Waals surface area (Å²) in [5.41, 5.74) is 0.419. The van der Waals surface area contributed by atoms with E-state index in [2.05, 4.69) is 5.32 Å². The van der Waals surface area contributed by atoms with E-state index in [4.69, 9.17) is 0 Å². The van der Waals surface area contributed by atoms with Gasteiger partial charge in [0.05, 0.1) is 12.2 Å². The number of rotatable bonds is 5. The van der Waals surface area contributed by atoms with Crippen molar-refractivity contribution >= 4 is 29.4 Å². The molecule has 4 atom stereocenters. The number of nitrogens with two attached hydrogens (primary N) is 1. The fourth-order valence-electron chi connectivity index (χ4n) is 5.46. The molecule has 3 aliphatic rings. The number of hydrogen-bond acceptors (Lipinski definition) is 5. The van der Waals surface area contributed by atoms with Crippen molar-refractivity contribution in [3.8, 4) is 0 Å². The lowest BCUT2D eigenvalue weighted by molar-refractivity contribution is -0.734. The standard InChI is InChI=1S/C23H20FN3O5/c24-13-7-5-12(6-8-13)11-27-20(30)18-16(9-10-17(28)29)26-23(19(18)21(27)31)14-3-1-2-4-15(14)25-22(23)32/h1-8,16,18-19,26H,9-11H2,(H,25,32)(H,28,29)/t16-,18+,19-,23-/m0/s1. The van der Waals surface area contributed by atoms with Gasteiger partial charge in [-0.05, 0) is 30.2 Å². The number of quaternary nitrogens is 1. The number of para-hydroxylation sites is 1. The number of hydrogen-bond donors (Lipinski definition) is 2. The molecule has 0 radical (unpaired) electrons. The van der Waals surface area contributed by atoms with E-state index in [1.54, 1.807) is 29.6 Å². The Morgan fingerprint density at radius 3 is 2.53 bits per heavy atom. The normalized spacial score (nSPS) is 28.2. The second kappa shape index (κ2) is 7.23. The topological polar surface area (TPSA) is 123 Å². The molecule has 1 spiro atoms. The summed E-state index contributed by atoms with van der Waals surface area (Å²) in [4.78, 5) is 52.4. The van der Waals surface area contributed by atoms with Crippen LogP contribution < -0.4 is 15.7 Å². The summed E-state index contributed by atoms with van der Waals surface area (Å²) >= 11 is 0. The Balaban J connectivity index is 1.56. The predicted octanol–water partition coefficient (Wildman–Crippen LogP) is -0.750. The molecule has 2 saturated heterocycles. The quantitative estimate of drug-likeness (QED) is 0.596. The number of carbonyl (C=O) groups is 4. The van der Waals surface area contributed by atoms with Crippen LogP contribution in [-0.2, 0) is 31.3 Å². The maximum atomic E-state index is 13.6. The molecule has 2 fully saturated rings. The highest BCUT2D eigenvalue weighted by molar-refractivity contribution is 6.13. The zero-order chi connectivity index (χ0) is 22.6. The van der Waals surface area contributed by atoms with Crippen molar-refractivity contribution in [2.24, 2.45) is 11.8 Å². The van der Waals surface area contributed by atoms with E-state index in [9.17, 15) is 28.7 Å². The van der Waals surface area contributed by atoms with Gasteiger partial charge in [-0.2, -0.15) is 0 Å². The number of aliphatic carboxylic acids is 1. The minimum Gasteiger partial charge on any atom is -0.550 e. The Morgan fingerprint density at radius 2 is 1.81 bits per heavy atom. The number of fused-ring (bicyclic) bond motifs is 4. The van der Waals surface area contributed by atoms with Gasteiger partial charge in [0.15, 0.2) is 0 Å². The van der Waals surface area contributed by atoms with E-state index < -0.39 is 52.9 Å². The van der Waals surface area contributed by atoms with Crippen molar-refractivity contribution in [2.45, 2.75) is 31.0 Å². The van der Waals surface area contributed by atoms with Crippen LogP contribution in [0.25, 0.3) is 0 Å². The molecule has 0 unspecified atom stereocenters. The average molecular weight is 437 g/mol. The maximum absolute atomic E-state index is 13.6. The van der Waals surface area contributed by atoms with Gasteiger partial charge >= 0.3 is 0 Å². The molecule has 9 heteroatoms. The smallest absolute Gasteiger partial charge is 0.291 e. The molecule has 32 heavy (non-hydrogen) atoms. The van der Waals surface area contributed by atoms with Crippen LogP contribution in [0.4, 0.5) is 10.1 Å². The van der Waals surface area contributed by atoms with Crippen molar-refractivity contribution in [2.75, 3.05) is 5.32 Å². The molecule has 5 rings (SSSR count). The molecule has 2 aromatic rings. The van der Waals surface area contributed by atoms with Crippen molar-refractivity contribution in [1.29, 1.82) is 0 Å². The minimum atomic E-state index is -1.35. The number of anilines is 1. The van der Waals surface area contributed by atoms with Crippen LogP contribution >= 0.6 is 0 Å². The van der Waals surface area contributed by atoms with Crippen LogP contribution in [-0.4, -0.2) is 34.6 Å². The van der Waals surface area contributed by atoms with Crippen LogP contribution in [0.3, 0.4) is 0 Å². The lowest BCUT2D eigenvalue weighted by atomic mass is 9.76. The molecule has 0 aromatic heterocycles. The molecule has 2 aromatic carbocycles. The molecule has 8 nitrogen and oxygen atoms in total. The second-order valence-corrected chi connectivity index (χ2v) is 8.50. The lowest BCUT2D eigenvalue weighted by Crippen LogP contribution is -2.99. The Bertz CT molecular complexity index is 1150. The van der Waals surface area contributed by atoms with E-state index in [0.717, 1.165) is 4.90 Å². The summed E-state index contributed by atoms with van der Waals surface area (Å²) < 4.78 is 13.3. The molecular weight excluding hydrogens is 417 g/mol. The van der Waals surface area contributed by atoms with Gasteiger partial charge in [-0.3, -0.25) is 19.3 Å². The third-order valence-electron chi connectivity index (χ3n) is 6.80. The Kier molecular flexibility index (Phi) is 4.59. The van der Waals surface area contributed by atoms with Gasteiger partial charge in [0.25, 0.3) is 5.91 Å². The van der Waals surface area contributed by atoms with Gasteiger partial charge in [0.2, 0.25) is 17.4 Å². The molecule has 3 heterocycles. The molecule has 3 aliphatic heterocycles. The first-order chi connectivity index (χ1) is 15.3. The van der Waals surface area contributed by atoms with E-state index in [1.807, 2.05) is 0 Å². The number of amides is 3. The van der Waals surface area contributed by atoms with Gasteiger partial charge in [0.1, 0.15) is 23.7 Å². The van der Waals surface area contributed by atoms with Gasteiger partial charge < -0.3 is 20.5 Å². The van der Waals surface area contributed by atoms with E-state index >= 15 is 0 Å². The van der Waals surface area contributed by atoms with E-state index in [1.165, 1.54) is 24.3 Å². The molecule has 0 aliphatic carbocycles. The Morgan fingerprint density at radius 1 is 1.09 bits per heavy atom. The van der Waals surface area contributed by atoms with Crippen molar-refractivity contribution in [3.05, 3.63) is 65.5 Å². The zero-order valence-corrected chi connectivity index (χ0v) is 16.9. The molecule has 0 bridgehead atoms. The molecular formula is C23H20FN3O5. The fraction of sp³-hybridized carbons (Fsp3) is 0.304. The van der Waals surface area contributed by atoms with E-state index in [0.29, 0.717) is 16.8 Å². The summed E-state index contributed by atoms with van der Waals surface area (Å²) in [5.74, 6) is -4.83. The van der Waals surface area contributed by atoms with Gasteiger partial charge in [0, 0.05) is 18.0 Å². The summed E-state index contributed by atoms with van der Waals surface area (Å²) in [6, 6.07) is 11.9. The first-order valence-corrected chi connectivity index (χ1v) is 10.4. The maximum Gasteiger partial charge on any atom is 0.291 e. The Hall–Kier alpha value is -3.59. The molecule has 0 saturated carbocycles. The number of carboxylic acid groups (broad SMARTS) is 1. The summed E-state index contributed by atoms with van der Waals surface area (Å²) in [6.45, 7) is -0.0441. The van der Waals surface area contributed by atoms with Crippen LogP contribution in [0.1, 0.15) is 24.0 Å². The number of likely N-dealkylation sites (tertiary alicyclic amines) is 1. The fourth-order valence-corrected chi connectivity index (χ4v) is 5.46.